The molecule has 2 rings (SSSR count). The minimum Gasteiger partial charge on any atom is -0.370 e. The highest BCUT2D eigenvalue weighted by atomic mass is 15.0. The summed E-state index contributed by atoms with van der Waals surface area (Å²) in [5.41, 5.74) is 3.43. The van der Waals surface area contributed by atoms with Gasteiger partial charge in [0, 0.05) is 23.9 Å². The molecule has 3 nitrogen and oxygen atoms in total. The number of anilines is 1. The van der Waals surface area contributed by atoms with Crippen molar-refractivity contribution in [2.75, 3.05) is 11.9 Å². The molecule has 19 heavy (non-hydrogen) atoms. The largest absolute Gasteiger partial charge is 0.370 e. The Kier molecular flexibility index (Phi) is 4.29. The first-order chi connectivity index (χ1) is 9.24. The van der Waals surface area contributed by atoms with Crippen molar-refractivity contribution >= 4 is 11.5 Å². The average molecular weight is 253 g/mol. The van der Waals surface area contributed by atoms with E-state index in [1.54, 1.807) is 6.20 Å². The number of aryl methyl sites for hydroxylation is 1. The molecule has 0 radical (unpaired) electrons. The van der Waals surface area contributed by atoms with E-state index >= 15 is 0 Å². The maximum Gasteiger partial charge on any atom is 0.135 e. The number of nitrogens with one attached hydrogen (secondary N) is 2. The van der Waals surface area contributed by atoms with E-state index in [-0.39, 0.29) is 0 Å². The summed E-state index contributed by atoms with van der Waals surface area (Å²) in [5.74, 6) is 0.789. The van der Waals surface area contributed by atoms with Gasteiger partial charge >= 0.3 is 0 Å². The summed E-state index contributed by atoms with van der Waals surface area (Å²) < 4.78 is 0. The van der Waals surface area contributed by atoms with Crippen LogP contribution in [-0.4, -0.2) is 17.2 Å². The minimum atomic E-state index is 0.518. The number of rotatable bonds is 5. The first-order valence-electron chi connectivity index (χ1n) is 6.58. The number of benzene rings is 1. The van der Waals surface area contributed by atoms with Gasteiger partial charge in [-0.2, -0.15) is 0 Å². The van der Waals surface area contributed by atoms with E-state index in [0.717, 1.165) is 35.5 Å². The quantitative estimate of drug-likeness (QED) is 0.799. The summed E-state index contributed by atoms with van der Waals surface area (Å²) >= 11 is 0. The van der Waals surface area contributed by atoms with Crippen LogP contribution in [0.15, 0.2) is 42.6 Å². The molecule has 1 heterocycles. The van der Waals surface area contributed by atoms with Crippen LogP contribution < -0.4 is 5.32 Å². The predicted octanol–water partition coefficient (Wildman–Crippen LogP) is 3.63. The lowest BCUT2D eigenvalue weighted by atomic mass is 9.99. The number of pyridine rings is 1. The molecule has 3 heteroatoms. The smallest absolute Gasteiger partial charge is 0.135 e. The second kappa shape index (κ2) is 6.14. The Labute approximate surface area is 114 Å². The van der Waals surface area contributed by atoms with Gasteiger partial charge in [-0.05, 0) is 31.0 Å². The molecule has 2 aromatic rings. The van der Waals surface area contributed by atoms with Crippen molar-refractivity contribution in [3.05, 3.63) is 59.3 Å². The fraction of sp³-hybridized carbons (Fsp3) is 0.250. The van der Waals surface area contributed by atoms with E-state index in [1.807, 2.05) is 43.3 Å². The summed E-state index contributed by atoms with van der Waals surface area (Å²) in [6, 6.07) is 11.8. The van der Waals surface area contributed by atoms with E-state index < -0.39 is 0 Å². The molecular weight excluding hydrogens is 234 g/mol. The standard InChI is InChI=1S/C16H19N3/c1-3-10-18-16-14(9-6-11-19-16)15(17)13-8-5-4-7-12(13)2/h4-9,11,17H,3,10H2,1-2H3,(H,18,19). The molecule has 0 amide bonds. The van der Waals surface area contributed by atoms with Gasteiger partial charge in [0.1, 0.15) is 5.82 Å². The van der Waals surface area contributed by atoms with Crippen molar-refractivity contribution in [1.29, 1.82) is 5.41 Å². The van der Waals surface area contributed by atoms with E-state index in [0.29, 0.717) is 5.71 Å². The summed E-state index contributed by atoms with van der Waals surface area (Å²) in [6.45, 7) is 5.01. The third-order valence-electron chi connectivity index (χ3n) is 3.03. The Balaban J connectivity index is 2.36. The lowest BCUT2D eigenvalue weighted by Crippen LogP contribution is -2.11. The average Bonchev–Trinajstić information content (AvgIpc) is 2.45. The van der Waals surface area contributed by atoms with Crippen LogP contribution in [-0.2, 0) is 0 Å². The van der Waals surface area contributed by atoms with Crippen LogP contribution in [0.2, 0.25) is 0 Å². The first-order valence-corrected chi connectivity index (χ1v) is 6.58. The summed E-state index contributed by atoms with van der Waals surface area (Å²) in [6.07, 6.45) is 2.79. The lowest BCUT2D eigenvalue weighted by Gasteiger charge is -2.12. The third kappa shape index (κ3) is 2.99. The second-order valence-corrected chi connectivity index (χ2v) is 4.52. The Morgan fingerprint density at radius 1 is 1.16 bits per heavy atom. The fourth-order valence-electron chi connectivity index (χ4n) is 1.99. The SMILES string of the molecule is CCCNc1ncccc1C(=N)c1ccccc1C. The zero-order chi connectivity index (χ0) is 13.7. The van der Waals surface area contributed by atoms with Crippen molar-refractivity contribution in [2.24, 2.45) is 0 Å². The second-order valence-electron chi connectivity index (χ2n) is 4.52. The monoisotopic (exact) mass is 253 g/mol. The van der Waals surface area contributed by atoms with Crippen molar-refractivity contribution in [2.45, 2.75) is 20.3 Å². The van der Waals surface area contributed by atoms with Gasteiger partial charge < -0.3 is 5.32 Å². The van der Waals surface area contributed by atoms with Crippen LogP contribution in [0.4, 0.5) is 5.82 Å². The van der Waals surface area contributed by atoms with Gasteiger partial charge in [-0.15, -0.1) is 0 Å². The van der Waals surface area contributed by atoms with Crippen LogP contribution >= 0.6 is 0 Å². The molecule has 0 spiro atoms. The van der Waals surface area contributed by atoms with Crippen LogP contribution in [0.1, 0.15) is 30.0 Å². The molecule has 1 aromatic heterocycles. The van der Waals surface area contributed by atoms with E-state index in [4.69, 9.17) is 5.41 Å². The summed E-state index contributed by atoms with van der Waals surface area (Å²) in [4.78, 5) is 4.34. The number of hydrogen-bond acceptors (Lipinski definition) is 3. The maximum atomic E-state index is 8.41. The molecule has 0 bridgehead atoms. The van der Waals surface area contributed by atoms with Crippen LogP contribution in [0, 0.1) is 12.3 Å². The summed E-state index contributed by atoms with van der Waals surface area (Å²) in [5, 5.41) is 11.7. The highest BCUT2D eigenvalue weighted by Gasteiger charge is 2.11. The van der Waals surface area contributed by atoms with Gasteiger partial charge in [-0.1, -0.05) is 31.2 Å². The van der Waals surface area contributed by atoms with Gasteiger partial charge in [0.25, 0.3) is 0 Å². The Bertz CT molecular complexity index is 576. The van der Waals surface area contributed by atoms with Gasteiger partial charge in [-0.3, -0.25) is 5.41 Å². The van der Waals surface area contributed by atoms with E-state index in [1.165, 1.54) is 0 Å². The molecule has 0 saturated heterocycles. The van der Waals surface area contributed by atoms with Crippen LogP contribution in [0.3, 0.4) is 0 Å². The molecule has 1 aromatic carbocycles. The van der Waals surface area contributed by atoms with Crippen molar-refractivity contribution in [3.63, 3.8) is 0 Å². The normalized spacial score (nSPS) is 10.2. The molecule has 0 saturated carbocycles. The molecular formula is C16H19N3. The number of nitrogens with zero attached hydrogens (tertiary/aromatic N) is 1. The molecule has 0 fully saturated rings. The van der Waals surface area contributed by atoms with Crippen LogP contribution in [0.25, 0.3) is 0 Å². The highest BCUT2D eigenvalue weighted by molar-refractivity contribution is 6.14. The fourth-order valence-corrected chi connectivity index (χ4v) is 1.99. The summed E-state index contributed by atoms with van der Waals surface area (Å²) in [7, 11) is 0. The van der Waals surface area contributed by atoms with Crippen molar-refractivity contribution in [3.8, 4) is 0 Å². The number of hydrogen-bond donors (Lipinski definition) is 2. The zero-order valence-corrected chi connectivity index (χ0v) is 11.4. The van der Waals surface area contributed by atoms with E-state index in [2.05, 4.69) is 17.2 Å². The first kappa shape index (κ1) is 13.3. The van der Waals surface area contributed by atoms with E-state index in [9.17, 15) is 0 Å². The molecule has 0 aliphatic rings. The van der Waals surface area contributed by atoms with Gasteiger partial charge in [0.2, 0.25) is 0 Å². The molecule has 0 aliphatic heterocycles. The molecule has 0 aliphatic carbocycles. The van der Waals surface area contributed by atoms with Gasteiger partial charge in [0.05, 0.1) is 5.71 Å². The Hall–Kier alpha value is -2.16. The van der Waals surface area contributed by atoms with Crippen molar-refractivity contribution in [1.82, 2.24) is 4.98 Å². The number of aromatic nitrogens is 1. The lowest BCUT2D eigenvalue weighted by molar-refractivity contribution is 0.968. The predicted molar refractivity (Wildman–Crippen MR) is 80.1 cm³/mol. The minimum absolute atomic E-state index is 0.518. The topological polar surface area (TPSA) is 48.8 Å². The third-order valence-corrected chi connectivity index (χ3v) is 3.03. The Morgan fingerprint density at radius 2 is 1.89 bits per heavy atom. The van der Waals surface area contributed by atoms with Gasteiger partial charge in [-0.25, -0.2) is 4.98 Å². The van der Waals surface area contributed by atoms with Crippen LogP contribution in [0.5, 0.6) is 0 Å². The molecule has 0 atom stereocenters. The van der Waals surface area contributed by atoms with Gasteiger partial charge in [0.15, 0.2) is 0 Å². The maximum absolute atomic E-state index is 8.41. The molecule has 2 N–H and O–H groups in total. The zero-order valence-electron chi connectivity index (χ0n) is 11.4. The Morgan fingerprint density at radius 3 is 2.63 bits per heavy atom. The molecule has 0 unspecified atom stereocenters. The highest BCUT2D eigenvalue weighted by Crippen LogP contribution is 2.18. The molecule has 98 valence electrons. The van der Waals surface area contributed by atoms with Crippen molar-refractivity contribution < 1.29 is 0 Å².